The minimum atomic E-state index is -0.593. The van der Waals surface area contributed by atoms with Gasteiger partial charge in [-0.1, -0.05) is 12.1 Å². The topological polar surface area (TPSA) is 116 Å². The number of nitrogens with zero attached hydrogens (tertiary/aromatic N) is 3. The van der Waals surface area contributed by atoms with Gasteiger partial charge in [-0.25, -0.2) is 9.18 Å². The van der Waals surface area contributed by atoms with Gasteiger partial charge in [-0.3, -0.25) is 28.1 Å². The lowest BCUT2D eigenvalue weighted by Gasteiger charge is -2.22. The van der Waals surface area contributed by atoms with Crippen molar-refractivity contribution in [3.63, 3.8) is 0 Å². The summed E-state index contributed by atoms with van der Waals surface area (Å²) in [7, 11) is 1.49. The fraction of sp³-hybridized carbons (Fsp3) is 0.310. The van der Waals surface area contributed by atoms with Crippen molar-refractivity contribution >= 4 is 34.0 Å². The Bertz CT molecular complexity index is 1830. The van der Waals surface area contributed by atoms with Gasteiger partial charge in [-0.2, -0.15) is 0 Å². The number of carbonyl (C=O) groups excluding carboxylic acids is 1. The van der Waals surface area contributed by atoms with Gasteiger partial charge in [-0.05, 0) is 62.6 Å². The molecule has 1 aliphatic carbocycles. The zero-order valence-electron chi connectivity index (χ0n) is 22.7. The third kappa shape index (κ3) is 4.84. The number of hydrogen-bond acceptors (Lipinski definition) is 6. The van der Waals surface area contributed by atoms with E-state index in [-0.39, 0.29) is 53.1 Å². The number of aromatic nitrogens is 3. The molecule has 0 spiro atoms. The quantitative estimate of drug-likeness (QED) is 0.347. The summed E-state index contributed by atoms with van der Waals surface area (Å²) in [6, 6.07) is 10.9. The fourth-order valence-electron chi connectivity index (χ4n) is 4.93. The van der Waals surface area contributed by atoms with Crippen molar-refractivity contribution in [1.82, 2.24) is 13.7 Å². The maximum Gasteiger partial charge on any atom is 0.336 e. The number of ether oxygens (including phenoxy) is 1. The summed E-state index contributed by atoms with van der Waals surface area (Å²) in [5, 5.41) is 5.77. The molecule has 2 aromatic heterocycles. The number of hydrogen-bond donors (Lipinski definition) is 2. The SMILES string of the molecule is COCCn1c(Nc2ccc(C)cc2F)c2c(=O)n(C3CC3)c(=O)n(-c3cccc(NC(C)=O)c3)c2c(C)c1=O. The molecule has 5 rings (SSSR count). The Kier molecular flexibility index (Phi) is 7.16. The van der Waals surface area contributed by atoms with Gasteiger partial charge in [0.2, 0.25) is 5.91 Å². The van der Waals surface area contributed by atoms with Crippen LogP contribution in [-0.4, -0.2) is 33.3 Å². The predicted molar refractivity (Wildman–Crippen MR) is 152 cm³/mol. The van der Waals surface area contributed by atoms with E-state index >= 15 is 4.39 Å². The summed E-state index contributed by atoms with van der Waals surface area (Å²) >= 11 is 0. The molecule has 208 valence electrons. The first kappa shape index (κ1) is 27.1. The molecule has 40 heavy (non-hydrogen) atoms. The summed E-state index contributed by atoms with van der Waals surface area (Å²) < 4.78 is 24.1. The highest BCUT2D eigenvalue weighted by molar-refractivity contribution is 5.94. The molecule has 2 heterocycles. The van der Waals surface area contributed by atoms with Crippen LogP contribution in [0.5, 0.6) is 0 Å². The number of anilines is 3. The first-order valence-electron chi connectivity index (χ1n) is 13.0. The molecule has 1 saturated carbocycles. The lowest BCUT2D eigenvalue weighted by molar-refractivity contribution is -0.114. The second kappa shape index (κ2) is 10.6. The van der Waals surface area contributed by atoms with Crippen molar-refractivity contribution in [2.75, 3.05) is 24.4 Å². The Hall–Kier alpha value is -4.51. The van der Waals surface area contributed by atoms with E-state index in [9.17, 15) is 19.2 Å². The molecule has 1 amide bonds. The minimum absolute atomic E-state index is 0.0663. The normalized spacial score (nSPS) is 13.0. The molecule has 11 heteroatoms. The maximum atomic E-state index is 15.0. The van der Waals surface area contributed by atoms with Gasteiger partial charge >= 0.3 is 5.69 Å². The van der Waals surface area contributed by atoms with Crippen LogP contribution in [0, 0.1) is 19.7 Å². The van der Waals surface area contributed by atoms with Crippen LogP contribution in [0.25, 0.3) is 16.6 Å². The molecule has 0 radical (unpaired) electrons. The molecular formula is C29H30FN5O5. The lowest BCUT2D eigenvalue weighted by atomic mass is 10.1. The summed E-state index contributed by atoms with van der Waals surface area (Å²) in [6.45, 7) is 4.92. The van der Waals surface area contributed by atoms with Gasteiger partial charge in [0.15, 0.2) is 0 Å². The largest absolute Gasteiger partial charge is 0.383 e. The second-order valence-corrected chi connectivity index (χ2v) is 10.0. The Balaban J connectivity index is 1.92. The number of aryl methyl sites for hydroxylation is 2. The van der Waals surface area contributed by atoms with Crippen molar-refractivity contribution in [2.24, 2.45) is 0 Å². The van der Waals surface area contributed by atoms with Gasteiger partial charge in [0, 0.05) is 31.3 Å². The minimum Gasteiger partial charge on any atom is -0.383 e. The standard InChI is InChI=1S/C29H30FN5O5/c1-16-8-11-23(22(30)14-16)32-26-24-25(17(2)27(37)33(26)12-13-40-4)34(29(39)35(28(24)38)20-9-10-20)21-7-5-6-19(15-21)31-18(3)36/h5-8,11,14-15,20,32H,9-10,12-13H2,1-4H3,(H,31,36). The van der Waals surface area contributed by atoms with Gasteiger partial charge in [0.25, 0.3) is 11.1 Å². The van der Waals surface area contributed by atoms with E-state index in [0.717, 1.165) is 0 Å². The van der Waals surface area contributed by atoms with Gasteiger partial charge in [-0.15, -0.1) is 0 Å². The number of amides is 1. The zero-order chi connectivity index (χ0) is 28.7. The Morgan fingerprint density at radius 2 is 1.82 bits per heavy atom. The summed E-state index contributed by atoms with van der Waals surface area (Å²) in [6.07, 6.45) is 1.31. The highest BCUT2D eigenvalue weighted by atomic mass is 19.1. The van der Waals surface area contributed by atoms with Gasteiger partial charge in [0.1, 0.15) is 17.0 Å². The molecule has 0 atom stereocenters. The first-order valence-corrected chi connectivity index (χ1v) is 13.0. The van der Waals surface area contributed by atoms with E-state index in [0.29, 0.717) is 29.8 Å². The summed E-state index contributed by atoms with van der Waals surface area (Å²) in [4.78, 5) is 53.5. The number of fused-ring (bicyclic) bond motifs is 1. The van der Waals surface area contributed by atoms with Crippen LogP contribution in [0.3, 0.4) is 0 Å². The number of halogens is 1. The predicted octanol–water partition coefficient (Wildman–Crippen LogP) is 3.75. The molecule has 1 fully saturated rings. The van der Waals surface area contributed by atoms with Crippen LogP contribution in [0.1, 0.15) is 36.9 Å². The van der Waals surface area contributed by atoms with E-state index in [4.69, 9.17) is 4.74 Å². The highest BCUT2D eigenvalue weighted by Gasteiger charge is 2.32. The van der Waals surface area contributed by atoms with E-state index in [1.54, 1.807) is 44.2 Å². The molecule has 2 N–H and O–H groups in total. The number of nitrogens with one attached hydrogen (secondary N) is 2. The molecule has 1 aliphatic rings. The first-order chi connectivity index (χ1) is 19.1. The number of methoxy groups -OCH3 is 1. The Morgan fingerprint density at radius 3 is 2.48 bits per heavy atom. The third-order valence-electron chi connectivity index (χ3n) is 6.95. The average molecular weight is 548 g/mol. The van der Waals surface area contributed by atoms with Crippen LogP contribution in [0.15, 0.2) is 56.8 Å². The molecule has 4 aromatic rings. The third-order valence-corrected chi connectivity index (χ3v) is 6.95. The number of carbonyl (C=O) groups is 1. The van der Waals surface area contributed by atoms with E-state index in [1.165, 1.54) is 39.9 Å². The summed E-state index contributed by atoms with van der Waals surface area (Å²) in [5.74, 6) is -0.781. The molecular weight excluding hydrogens is 517 g/mol. The highest BCUT2D eigenvalue weighted by Crippen LogP contribution is 2.34. The zero-order valence-corrected chi connectivity index (χ0v) is 22.7. The number of benzene rings is 2. The Morgan fingerprint density at radius 1 is 1.07 bits per heavy atom. The van der Waals surface area contributed by atoms with Gasteiger partial charge in [0.05, 0.1) is 30.0 Å². The maximum absolute atomic E-state index is 15.0. The molecule has 10 nitrogen and oxygen atoms in total. The lowest BCUT2D eigenvalue weighted by Crippen LogP contribution is -2.41. The van der Waals surface area contributed by atoms with Crippen molar-refractivity contribution in [2.45, 2.75) is 46.2 Å². The van der Waals surface area contributed by atoms with Crippen molar-refractivity contribution in [1.29, 1.82) is 0 Å². The van der Waals surface area contributed by atoms with Crippen LogP contribution >= 0.6 is 0 Å². The van der Waals surface area contributed by atoms with E-state index in [2.05, 4.69) is 10.6 Å². The van der Waals surface area contributed by atoms with Crippen LogP contribution in [0.2, 0.25) is 0 Å². The van der Waals surface area contributed by atoms with E-state index < -0.39 is 22.6 Å². The van der Waals surface area contributed by atoms with Crippen LogP contribution in [0.4, 0.5) is 21.6 Å². The molecule has 0 unspecified atom stereocenters. The smallest absolute Gasteiger partial charge is 0.336 e. The van der Waals surface area contributed by atoms with Crippen molar-refractivity contribution < 1.29 is 13.9 Å². The fourth-order valence-corrected chi connectivity index (χ4v) is 4.93. The van der Waals surface area contributed by atoms with E-state index in [1.807, 2.05) is 0 Å². The monoisotopic (exact) mass is 547 g/mol. The second-order valence-electron chi connectivity index (χ2n) is 10.0. The van der Waals surface area contributed by atoms with Crippen LogP contribution < -0.4 is 27.4 Å². The molecule has 2 aromatic carbocycles. The van der Waals surface area contributed by atoms with Gasteiger partial charge < -0.3 is 15.4 Å². The van der Waals surface area contributed by atoms with Crippen molar-refractivity contribution in [3.05, 3.63) is 90.6 Å². The average Bonchev–Trinajstić information content (AvgIpc) is 3.73. The number of pyridine rings is 1. The molecule has 0 bridgehead atoms. The Labute approximate surface area is 228 Å². The number of rotatable bonds is 8. The molecule has 0 saturated heterocycles. The molecule has 0 aliphatic heterocycles. The van der Waals surface area contributed by atoms with Crippen LogP contribution in [-0.2, 0) is 16.1 Å². The van der Waals surface area contributed by atoms with Crippen molar-refractivity contribution in [3.8, 4) is 5.69 Å². The summed E-state index contributed by atoms with van der Waals surface area (Å²) in [5.41, 5.74) is 0.242.